The highest BCUT2D eigenvalue weighted by molar-refractivity contribution is 5.85. The molecule has 126 valence electrons. The summed E-state index contributed by atoms with van der Waals surface area (Å²) < 4.78 is 1.89. The van der Waals surface area contributed by atoms with Crippen LogP contribution in [0.1, 0.15) is 31.5 Å². The minimum atomic E-state index is -0.155. The summed E-state index contributed by atoms with van der Waals surface area (Å²) in [5, 5.41) is 14.4. The minimum absolute atomic E-state index is 0. The van der Waals surface area contributed by atoms with Crippen LogP contribution in [0.3, 0.4) is 0 Å². The minimum Gasteiger partial charge on any atom is -0.355 e. The van der Waals surface area contributed by atoms with Crippen LogP contribution < -0.4 is 10.6 Å². The molecule has 3 rings (SSSR count). The van der Waals surface area contributed by atoms with Crippen molar-refractivity contribution >= 4 is 30.7 Å². The maximum Gasteiger partial charge on any atom is 0.227 e. The van der Waals surface area contributed by atoms with Gasteiger partial charge in [-0.25, -0.2) is 0 Å². The van der Waals surface area contributed by atoms with Crippen molar-refractivity contribution in [2.45, 2.75) is 32.1 Å². The average Bonchev–Trinajstić information content (AvgIpc) is 3.06. The van der Waals surface area contributed by atoms with E-state index in [1.54, 1.807) is 6.33 Å². The fourth-order valence-corrected chi connectivity index (χ4v) is 3.69. The van der Waals surface area contributed by atoms with E-state index < -0.39 is 0 Å². The van der Waals surface area contributed by atoms with Gasteiger partial charge in [-0.15, -0.1) is 35.0 Å². The first-order chi connectivity index (χ1) is 9.72. The van der Waals surface area contributed by atoms with Gasteiger partial charge in [0.1, 0.15) is 12.2 Å². The van der Waals surface area contributed by atoms with Crippen LogP contribution in [0, 0.1) is 11.3 Å². The summed E-state index contributed by atoms with van der Waals surface area (Å²) in [6, 6.07) is 0. The molecule has 2 N–H and O–H groups in total. The Morgan fingerprint density at radius 1 is 1.50 bits per heavy atom. The molecule has 2 atom stereocenters. The van der Waals surface area contributed by atoms with Gasteiger partial charge in [-0.3, -0.25) is 4.79 Å². The number of hydrogen-bond donors (Lipinski definition) is 2. The predicted molar refractivity (Wildman–Crippen MR) is 89.5 cm³/mol. The number of amides is 1. The van der Waals surface area contributed by atoms with Crippen molar-refractivity contribution in [1.82, 2.24) is 25.4 Å². The van der Waals surface area contributed by atoms with Crippen LogP contribution in [0.25, 0.3) is 0 Å². The van der Waals surface area contributed by atoms with E-state index in [-0.39, 0.29) is 36.1 Å². The molecule has 1 aliphatic carbocycles. The molecule has 6 nitrogen and oxygen atoms in total. The lowest BCUT2D eigenvalue weighted by Gasteiger charge is -2.37. The van der Waals surface area contributed by atoms with Crippen molar-refractivity contribution in [3.05, 3.63) is 12.2 Å². The maximum atomic E-state index is 12.6. The van der Waals surface area contributed by atoms with E-state index in [0.717, 1.165) is 31.8 Å². The van der Waals surface area contributed by atoms with Crippen LogP contribution in [0.5, 0.6) is 0 Å². The maximum absolute atomic E-state index is 12.6. The highest BCUT2D eigenvalue weighted by Gasteiger charge is 2.49. The molecule has 2 aliphatic rings. The van der Waals surface area contributed by atoms with Gasteiger partial charge in [-0.1, -0.05) is 12.8 Å². The molecule has 2 heterocycles. The molecule has 1 aliphatic heterocycles. The number of hydrogen-bond acceptors (Lipinski definition) is 4. The summed E-state index contributed by atoms with van der Waals surface area (Å²) in [6.07, 6.45) is 7.07. The number of fused-ring (bicyclic) bond motifs is 1. The molecule has 1 saturated carbocycles. The Balaban J connectivity index is 0.00000121. The molecular formula is C14H25Cl2N5O. The van der Waals surface area contributed by atoms with Gasteiger partial charge >= 0.3 is 0 Å². The number of nitrogens with zero attached hydrogens (tertiary/aromatic N) is 3. The Bertz CT molecular complexity index is 495. The van der Waals surface area contributed by atoms with E-state index in [0.29, 0.717) is 12.5 Å². The van der Waals surface area contributed by atoms with Crippen molar-refractivity contribution in [2.24, 2.45) is 18.4 Å². The van der Waals surface area contributed by atoms with E-state index in [4.69, 9.17) is 0 Å². The van der Waals surface area contributed by atoms with Crippen LogP contribution in [-0.4, -0.2) is 40.3 Å². The molecule has 0 bridgehead atoms. The van der Waals surface area contributed by atoms with Crippen molar-refractivity contribution in [1.29, 1.82) is 0 Å². The van der Waals surface area contributed by atoms with E-state index in [1.165, 1.54) is 19.3 Å². The van der Waals surface area contributed by atoms with Gasteiger partial charge < -0.3 is 15.2 Å². The Hall–Kier alpha value is -0.850. The van der Waals surface area contributed by atoms with Crippen molar-refractivity contribution in [3.8, 4) is 0 Å². The second-order valence-electron chi connectivity index (χ2n) is 6.09. The fraction of sp³-hybridized carbons (Fsp3) is 0.786. The lowest BCUT2D eigenvalue weighted by Crippen LogP contribution is -2.48. The SMILES string of the molecule is Cl.Cl.Cn1cnnc1CCNC(=O)[C@@]12CCCC[C@H]1CNC2. The molecule has 1 saturated heterocycles. The molecule has 0 spiro atoms. The Morgan fingerprint density at radius 2 is 2.32 bits per heavy atom. The van der Waals surface area contributed by atoms with E-state index in [2.05, 4.69) is 20.8 Å². The Labute approximate surface area is 143 Å². The summed E-state index contributed by atoms with van der Waals surface area (Å²) in [5.74, 6) is 1.66. The molecule has 2 fully saturated rings. The topological polar surface area (TPSA) is 71.8 Å². The van der Waals surface area contributed by atoms with Crippen molar-refractivity contribution in [2.75, 3.05) is 19.6 Å². The zero-order chi connectivity index (χ0) is 14.0. The van der Waals surface area contributed by atoms with Gasteiger partial charge in [0, 0.05) is 26.6 Å². The first kappa shape index (κ1) is 19.2. The van der Waals surface area contributed by atoms with Crippen LogP contribution >= 0.6 is 24.8 Å². The van der Waals surface area contributed by atoms with Crippen molar-refractivity contribution in [3.63, 3.8) is 0 Å². The summed E-state index contributed by atoms with van der Waals surface area (Å²) in [6.45, 7) is 2.48. The molecule has 0 radical (unpaired) electrons. The van der Waals surface area contributed by atoms with Gasteiger partial charge in [-0.05, 0) is 25.3 Å². The number of aryl methyl sites for hydroxylation is 1. The van der Waals surface area contributed by atoms with Gasteiger partial charge in [0.05, 0.1) is 5.41 Å². The number of aromatic nitrogens is 3. The second kappa shape index (κ2) is 8.13. The first-order valence-electron chi connectivity index (χ1n) is 7.54. The lowest BCUT2D eigenvalue weighted by molar-refractivity contribution is -0.133. The smallest absolute Gasteiger partial charge is 0.227 e. The number of carbonyl (C=O) groups is 1. The standard InChI is InChI=1S/C14H23N5O.2ClH/c1-19-10-17-18-12(19)5-7-16-13(20)14-6-3-2-4-11(14)8-15-9-14;;/h10-11,15H,2-9H2,1H3,(H,16,20);2*1H/t11-,14+;;/m0../s1. The largest absolute Gasteiger partial charge is 0.355 e. The molecule has 0 unspecified atom stereocenters. The van der Waals surface area contributed by atoms with E-state index in [1.807, 2.05) is 11.6 Å². The summed E-state index contributed by atoms with van der Waals surface area (Å²) in [5.41, 5.74) is -0.155. The molecule has 1 aromatic heterocycles. The van der Waals surface area contributed by atoms with Crippen LogP contribution in [0.15, 0.2) is 6.33 Å². The zero-order valence-electron chi connectivity index (χ0n) is 12.9. The zero-order valence-corrected chi connectivity index (χ0v) is 14.5. The van der Waals surface area contributed by atoms with Gasteiger partial charge in [-0.2, -0.15) is 0 Å². The molecular weight excluding hydrogens is 325 g/mol. The number of nitrogens with one attached hydrogen (secondary N) is 2. The monoisotopic (exact) mass is 349 g/mol. The molecule has 8 heteroatoms. The molecule has 1 amide bonds. The normalized spacial score (nSPS) is 26.5. The third kappa shape index (κ3) is 3.55. The second-order valence-corrected chi connectivity index (χ2v) is 6.09. The summed E-state index contributed by atoms with van der Waals surface area (Å²) >= 11 is 0. The highest BCUT2D eigenvalue weighted by Crippen LogP contribution is 2.43. The van der Waals surface area contributed by atoms with E-state index >= 15 is 0 Å². The quantitative estimate of drug-likeness (QED) is 0.853. The van der Waals surface area contributed by atoms with Crippen LogP contribution in [-0.2, 0) is 18.3 Å². The van der Waals surface area contributed by atoms with E-state index in [9.17, 15) is 4.79 Å². The fourth-order valence-electron chi connectivity index (χ4n) is 3.69. The molecule has 0 aromatic carbocycles. The van der Waals surface area contributed by atoms with Gasteiger partial charge in [0.25, 0.3) is 0 Å². The van der Waals surface area contributed by atoms with Crippen LogP contribution in [0.2, 0.25) is 0 Å². The summed E-state index contributed by atoms with van der Waals surface area (Å²) in [7, 11) is 1.92. The number of carbonyl (C=O) groups excluding carboxylic acids is 1. The predicted octanol–water partition coefficient (Wildman–Crippen LogP) is 1.10. The van der Waals surface area contributed by atoms with Crippen LogP contribution in [0.4, 0.5) is 0 Å². The number of rotatable bonds is 4. The average molecular weight is 350 g/mol. The molecule has 1 aromatic rings. The Morgan fingerprint density at radius 3 is 3.05 bits per heavy atom. The first-order valence-corrected chi connectivity index (χ1v) is 7.54. The number of halogens is 2. The van der Waals surface area contributed by atoms with Crippen molar-refractivity contribution < 1.29 is 4.79 Å². The third-order valence-corrected chi connectivity index (χ3v) is 4.93. The molecule has 22 heavy (non-hydrogen) atoms. The summed E-state index contributed by atoms with van der Waals surface area (Å²) in [4.78, 5) is 12.6. The van der Waals surface area contributed by atoms with Gasteiger partial charge in [0.2, 0.25) is 5.91 Å². The Kier molecular flexibility index (Phi) is 7.09. The lowest BCUT2D eigenvalue weighted by atomic mass is 9.67. The highest BCUT2D eigenvalue weighted by atomic mass is 35.5. The third-order valence-electron chi connectivity index (χ3n) is 4.93. The van der Waals surface area contributed by atoms with Gasteiger partial charge in [0.15, 0.2) is 0 Å².